The maximum atomic E-state index is 11.7. The molecule has 0 spiro atoms. The van der Waals surface area contributed by atoms with E-state index in [9.17, 15) is 4.79 Å². The number of aromatic amines is 1. The number of H-pyrrole nitrogens is 1. The number of nitrogens with zero attached hydrogens (tertiary/aromatic N) is 3. The van der Waals surface area contributed by atoms with Crippen LogP contribution in [0.3, 0.4) is 0 Å². The van der Waals surface area contributed by atoms with Crippen molar-refractivity contribution in [2.24, 2.45) is 0 Å². The fraction of sp³-hybridized carbons (Fsp3) is 0.333. The molecule has 3 aromatic heterocycles. The van der Waals surface area contributed by atoms with Gasteiger partial charge in [0.25, 0.3) is 0 Å². The zero-order valence-corrected chi connectivity index (χ0v) is 16.6. The van der Waals surface area contributed by atoms with Gasteiger partial charge in [-0.05, 0) is 31.0 Å². The maximum absolute atomic E-state index is 11.7. The van der Waals surface area contributed by atoms with Crippen molar-refractivity contribution in [3.63, 3.8) is 0 Å². The summed E-state index contributed by atoms with van der Waals surface area (Å²) in [6, 6.07) is 6.98. The van der Waals surface area contributed by atoms with Gasteiger partial charge in [-0.25, -0.2) is 14.8 Å². The maximum Gasteiger partial charge on any atom is 0.356 e. The zero-order chi connectivity index (χ0) is 20.4. The van der Waals surface area contributed by atoms with Gasteiger partial charge in [-0.2, -0.15) is 5.10 Å². The normalized spacial score (nSPS) is 13.4. The van der Waals surface area contributed by atoms with E-state index in [1.165, 1.54) is 13.3 Å². The van der Waals surface area contributed by atoms with Crippen LogP contribution >= 0.6 is 0 Å². The van der Waals surface area contributed by atoms with Gasteiger partial charge in [-0.3, -0.25) is 5.10 Å². The summed E-state index contributed by atoms with van der Waals surface area (Å²) in [5.41, 5.74) is 2.89. The average molecular weight is 393 g/mol. The predicted molar refractivity (Wildman–Crippen MR) is 108 cm³/mol. The Labute approximate surface area is 168 Å². The number of hydrogen-bond acceptors (Lipinski definition) is 7. The van der Waals surface area contributed by atoms with Gasteiger partial charge >= 0.3 is 5.97 Å². The lowest BCUT2D eigenvalue weighted by atomic mass is 10.1. The largest absolute Gasteiger partial charge is 0.464 e. The van der Waals surface area contributed by atoms with Crippen molar-refractivity contribution in [1.29, 1.82) is 0 Å². The van der Waals surface area contributed by atoms with Crippen LogP contribution in [0.5, 0.6) is 11.5 Å². The molecule has 1 fully saturated rings. The number of carbonyl (C=O) groups excluding carboxylic acids is 1. The van der Waals surface area contributed by atoms with Gasteiger partial charge in [0.1, 0.15) is 23.0 Å². The van der Waals surface area contributed by atoms with Gasteiger partial charge in [-0.15, -0.1) is 0 Å². The molecule has 1 aliphatic carbocycles. The molecule has 0 amide bonds. The van der Waals surface area contributed by atoms with Gasteiger partial charge in [-0.1, -0.05) is 13.8 Å². The Balaban J connectivity index is 1.56. The summed E-state index contributed by atoms with van der Waals surface area (Å²) >= 11 is 0. The molecule has 1 saturated carbocycles. The molecular weight excluding hydrogens is 370 g/mol. The fourth-order valence-corrected chi connectivity index (χ4v) is 3.04. The molecule has 150 valence electrons. The van der Waals surface area contributed by atoms with E-state index in [1.54, 1.807) is 18.3 Å². The minimum Gasteiger partial charge on any atom is -0.464 e. The summed E-state index contributed by atoms with van der Waals surface area (Å²) in [6.07, 6.45) is 5.52. The molecule has 0 atom stereocenters. The number of esters is 1. The Morgan fingerprint density at radius 2 is 2.00 bits per heavy atom. The van der Waals surface area contributed by atoms with E-state index in [-0.39, 0.29) is 11.6 Å². The number of ether oxygens (including phenoxy) is 2. The van der Waals surface area contributed by atoms with E-state index < -0.39 is 5.97 Å². The molecule has 0 bridgehead atoms. The first-order valence-electron chi connectivity index (χ1n) is 9.58. The average Bonchev–Trinajstić information content (AvgIpc) is 3.48. The molecule has 0 aliphatic heterocycles. The van der Waals surface area contributed by atoms with Gasteiger partial charge < -0.3 is 14.8 Å². The van der Waals surface area contributed by atoms with E-state index in [0.717, 1.165) is 30.0 Å². The van der Waals surface area contributed by atoms with E-state index in [2.05, 4.69) is 39.3 Å². The summed E-state index contributed by atoms with van der Waals surface area (Å²) in [7, 11) is 1.32. The third-order valence-electron chi connectivity index (χ3n) is 4.68. The molecule has 29 heavy (non-hydrogen) atoms. The molecule has 4 rings (SSSR count). The second-order valence-electron chi connectivity index (χ2n) is 7.31. The number of anilines is 2. The van der Waals surface area contributed by atoms with E-state index in [0.29, 0.717) is 23.2 Å². The van der Waals surface area contributed by atoms with Crippen molar-refractivity contribution in [1.82, 2.24) is 20.2 Å². The quantitative estimate of drug-likeness (QED) is 0.569. The van der Waals surface area contributed by atoms with Crippen LogP contribution in [0, 0.1) is 0 Å². The molecule has 0 aromatic carbocycles. The van der Waals surface area contributed by atoms with Crippen LogP contribution in [0.2, 0.25) is 0 Å². The standard InChI is InChI=1S/C21H23N5O3/c1-12(2)18-20(19(26-25-18)13-4-5-13)29-15-7-9-23-17(11-15)24-14-6-8-22-16(10-14)21(27)28-3/h6-13H,4-5H2,1-3H3,(H,25,26)(H,22,23,24). The SMILES string of the molecule is COC(=O)c1cc(Nc2cc(Oc3c(C(C)C)n[nH]c3C3CC3)ccn2)ccn1. The van der Waals surface area contributed by atoms with Gasteiger partial charge in [0, 0.05) is 36.0 Å². The third kappa shape index (κ3) is 4.21. The monoisotopic (exact) mass is 393 g/mol. The second-order valence-corrected chi connectivity index (χ2v) is 7.31. The highest BCUT2D eigenvalue weighted by Crippen LogP contribution is 2.46. The highest BCUT2D eigenvalue weighted by atomic mass is 16.5. The molecule has 3 heterocycles. The highest BCUT2D eigenvalue weighted by molar-refractivity contribution is 5.88. The van der Waals surface area contributed by atoms with Crippen LogP contribution in [0.15, 0.2) is 36.7 Å². The van der Waals surface area contributed by atoms with Crippen molar-refractivity contribution >= 4 is 17.5 Å². The summed E-state index contributed by atoms with van der Waals surface area (Å²) in [4.78, 5) is 20.0. The Morgan fingerprint density at radius 3 is 2.72 bits per heavy atom. The van der Waals surface area contributed by atoms with E-state index in [1.807, 2.05) is 12.1 Å². The minimum absolute atomic E-state index is 0.221. The van der Waals surface area contributed by atoms with Crippen LogP contribution in [-0.4, -0.2) is 33.2 Å². The van der Waals surface area contributed by atoms with Crippen LogP contribution in [-0.2, 0) is 4.74 Å². The van der Waals surface area contributed by atoms with Crippen molar-refractivity contribution in [3.8, 4) is 11.5 Å². The smallest absolute Gasteiger partial charge is 0.356 e. The fourth-order valence-electron chi connectivity index (χ4n) is 3.04. The van der Waals surface area contributed by atoms with Crippen molar-refractivity contribution in [2.45, 2.75) is 38.5 Å². The molecule has 8 nitrogen and oxygen atoms in total. The molecule has 8 heteroatoms. The first-order chi connectivity index (χ1) is 14.0. The zero-order valence-electron chi connectivity index (χ0n) is 16.6. The molecule has 0 unspecified atom stereocenters. The number of pyridine rings is 2. The lowest BCUT2D eigenvalue weighted by Gasteiger charge is -2.12. The Hall–Kier alpha value is -3.42. The van der Waals surface area contributed by atoms with E-state index in [4.69, 9.17) is 9.47 Å². The van der Waals surface area contributed by atoms with Crippen LogP contribution in [0.25, 0.3) is 0 Å². The number of methoxy groups -OCH3 is 1. The van der Waals surface area contributed by atoms with Crippen LogP contribution in [0.4, 0.5) is 11.5 Å². The number of aromatic nitrogens is 4. The van der Waals surface area contributed by atoms with Gasteiger partial charge in [0.15, 0.2) is 5.75 Å². The molecule has 2 N–H and O–H groups in total. The van der Waals surface area contributed by atoms with Crippen LogP contribution < -0.4 is 10.1 Å². The number of rotatable bonds is 7. The second kappa shape index (κ2) is 7.90. The Kier molecular flexibility index (Phi) is 5.16. The van der Waals surface area contributed by atoms with Gasteiger partial charge in [0.05, 0.1) is 12.8 Å². The third-order valence-corrected chi connectivity index (χ3v) is 4.68. The molecule has 1 aliphatic rings. The topological polar surface area (TPSA) is 102 Å². The number of hydrogen-bond donors (Lipinski definition) is 2. The Morgan fingerprint density at radius 1 is 1.21 bits per heavy atom. The lowest BCUT2D eigenvalue weighted by Crippen LogP contribution is -2.04. The Bertz CT molecular complexity index is 1010. The molecule has 0 radical (unpaired) electrons. The van der Waals surface area contributed by atoms with Crippen molar-refractivity contribution in [2.75, 3.05) is 12.4 Å². The number of carbonyl (C=O) groups is 1. The summed E-state index contributed by atoms with van der Waals surface area (Å²) in [6.45, 7) is 4.20. The lowest BCUT2D eigenvalue weighted by molar-refractivity contribution is 0.0594. The predicted octanol–water partition coefficient (Wildman–Crippen LogP) is 4.52. The van der Waals surface area contributed by atoms with Crippen molar-refractivity contribution < 1.29 is 14.3 Å². The molecule has 0 saturated heterocycles. The first kappa shape index (κ1) is 18.9. The molecule has 3 aromatic rings. The first-order valence-corrected chi connectivity index (χ1v) is 9.58. The minimum atomic E-state index is -0.493. The summed E-state index contributed by atoms with van der Waals surface area (Å²) < 4.78 is 11.0. The van der Waals surface area contributed by atoms with Gasteiger partial charge in [0.2, 0.25) is 0 Å². The van der Waals surface area contributed by atoms with Crippen LogP contribution in [0.1, 0.15) is 60.4 Å². The highest BCUT2D eigenvalue weighted by Gasteiger charge is 2.31. The summed E-state index contributed by atoms with van der Waals surface area (Å²) in [5, 5.41) is 10.8. The number of nitrogens with one attached hydrogen (secondary N) is 2. The van der Waals surface area contributed by atoms with E-state index >= 15 is 0 Å². The van der Waals surface area contributed by atoms with Crippen molar-refractivity contribution in [3.05, 3.63) is 53.7 Å². The molecular formula is C21H23N5O3. The summed E-state index contributed by atoms with van der Waals surface area (Å²) in [5.74, 6) is 2.32.